The Bertz CT molecular complexity index is 110. The number of rotatable bonds is 2. The van der Waals surface area contributed by atoms with Crippen molar-refractivity contribution >= 4 is 0 Å². The van der Waals surface area contributed by atoms with Crippen LogP contribution in [0.25, 0.3) is 0 Å². The highest BCUT2D eigenvalue weighted by molar-refractivity contribution is 4.69. The highest BCUT2D eigenvalue weighted by Gasteiger charge is 2.15. The predicted octanol–water partition coefficient (Wildman–Crippen LogP) is 1.27. The van der Waals surface area contributed by atoms with E-state index in [-0.39, 0.29) is 12.2 Å². The Labute approximate surface area is 87.3 Å². The molecular weight excluding hydrogens is 178 g/mol. The van der Waals surface area contributed by atoms with Crippen LogP contribution in [0.5, 0.6) is 0 Å². The van der Waals surface area contributed by atoms with Crippen LogP contribution in [-0.2, 0) is 0 Å². The summed E-state index contributed by atoms with van der Waals surface area (Å²) in [7, 11) is 0. The Morgan fingerprint density at radius 3 is 1.57 bits per heavy atom. The molecule has 0 unspecified atom stereocenters. The number of hydrogen-bond donors (Lipinski definition) is 3. The summed E-state index contributed by atoms with van der Waals surface area (Å²) >= 11 is 0. The first-order valence-electron chi connectivity index (χ1n) is 5.62. The summed E-state index contributed by atoms with van der Waals surface area (Å²) in [5, 5.41) is 17.8. The summed E-state index contributed by atoms with van der Waals surface area (Å²) in [5.74, 6) is 0.773. The summed E-state index contributed by atoms with van der Waals surface area (Å²) in [6, 6.07) is 0. The Hall–Kier alpha value is -0.120. The summed E-state index contributed by atoms with van der Waals surface area (Å²) in [5.41, 5.74) is 5.23. The lowest BCUT2D eigenvalue weighted by Crippen LogP contribution is -2.21. The Morgan fingerprint density at radius 1 is 1.07 bits per heavy atom. The topological polar surface area (TPSA) is 66.5 Å². The third-order valence-corrected chi connectivity index (χ3v) is 2.41. The fourth-order valence-electron chi connectivity index (χ4n) is 1.39. The van der Waals surface area contributed by atoms with Gasteiger partial charge >= 0.3 is 0 Å². The minimum atomic E-state index is -0.140. The lowest BCUT2D eigenvalue weighted by atomic mass is 9.95. The maximum atomic E-state index is 8.92. The summed E-state index contributed by atoms with van der Waals surface area (Å²) in [6.45, 7) is 5.18. The minimum Gasteiger partial charge on any atom is -0.393 e. The van der Waals surface area contributed by atoms with Crippen molar-refractivity contribution in [3.63, 3.8) is 0 Å². The largest absolute Gasteiger partial charge is 0.393 e. The lowest BCUT2D eigenvalue weighted by molar-refractivity contribution is 0.0541. The van der Waals surface area contributed by atoms with Crippen molar-refractivity contribution in [3.8, 4) is 0 Å². The van der Waals surface area contributed by atoms with Crippen molar-refractivity contribution in [1.29, 1.82) is 0 Å². The monoisotopic (exact) mass is 203 g/mol. The molecule has 1 aliphatic carbocycles. The molecule has 0 saturated heterocycles. The summed E-state index contributed by atoms with van der Waals surface area (Å²) < 4.78 is 0. The van der Waals surface area contributed by atoms with Crippen molar-refractivity contribution < 1.29 is 10.2 Å². The summed E-state index contributed by atoms with van der Waals surface area (Å²) in [4.78, 5) is 0. The molecule has 1 fully saturated rings. The van der Waals surface area contributed by atoms with E-state index in [4.69, 9.17) is 15.9 Å². The van der Waals surface area contributed by atoms with Crippen molar-refractivity contribution in [2.75, 3.05) is 6.54 Å². The average Bonchev–Trinajstić information content (AvgIpc) is 2.11. The first-order valence-corrected chi connectivity index (χ1v) is 5.62. The molecule has 86 valence electrons. The smallest absolute Gasteiger partial charge is 0.0542 e. The number of hydrogen-bond acceptors (Lipinski definition) is 3. The standard InChI is InChI=1S/C6H12O2.C5H13N/c7-5-1-2-6(8)4-3-5;1-5(2)3-4-6/h5-8H,1-4H2;5H,3-4,6H2,1-2H3. The molecular formula is C11H25NO2. The van der Waals surface area contributed by atoms with E-state index >= 15 is 0 Å². The maximum absolute atomic E-state index is 8.92. The predicted molar refractivity (Wildman–Crippen MR) is 59.0 cm³/mol. The van der Waals surface area contributed by atoms with E-state index in [1.165, 1.54) is 0 Å². The van der Waals surface area contributed by atoms with Gasteiger partial charge in [0.05, 0.1) is 12.2 Å². The fraction of sp³-hybridized carbons (Fsp3) is 1.00. The normalized spacial score (nSPS) is 27.0. The molecule has 14 heavy (non-hydrogen) atoms. The maximum Gasteiger partial charge on any atom is 0.0542 e. The van der Waals surface area contributed by atoms with Gasteiger partial charge in [0.1, 0.15) is 0 Å². The van der Waals surface area contributed by atoms with Gasteiger partial charge in [0.25, 0.3) is 0 Å². The minimum absolute atomic E-state index is 0.140. The van der Waals surface area contributed by atoms with Crippen molar-refractivity contribution in [1.82, 2.24) is 0 Å². The van der Waals surface area contributed by atoms with Gasteiger partial charge in [-0.2, -0.15) is 0 Å². The quantitative estimate of drug-likeness (QED) is 0.633. The average molecular weight is 203 g/mol. The van der Waals surface area contributed by atoms with Crippen LogP contribution in [0, 0.1) is 5.92 Å². The van der Waals surface area contributed by atoms with Gasteiger partial charge in [-0.1, -0.05) is 13.8 Å². The van der Waals surface area contributed by atoms with Crippen LogP contribution in [-0.4, -0.2) is 29.0 Å². The number of aliphatic hydroxyl groups excluding tert-OH is 2. The molecule has 0 aromatic heterocycles. The zero-order valence-electron chi connectivity index (χ0n) is 9.45. The van der Waals surface area contributed by atoms with E-state index in [0.717, 1.165) is 44.6 Å². The van der Waals surface area contributed by atoms with Crippen molar-refractivity contribution in [2.24, 2.45) is 11.7 Å². The molecule has 0 aromatic rings. The van der Waals surface area contributed by atoms with Gasteiger partial charge in [0, 0.05) is 0 Å². The van der Waals surface area contributed by atoms with Crippen LogP contribution in [0.4, 0.5) is 0 Å². The Kier molecular flexibility index (Phi) is 8.14. The van der Waals surface area contributed by atoms with Gasteiger partial charge in [0.15, 0.2) is 0 Å². The van der Waals surface area contributed by atoms with E-state index in [1.807, 2.05) is 0 Å². The third kappa shape index (κ3) is 8.48. The van der Waals surface area contributed by atoms with Crippen LogP contribution in [0.15, 0.2) is 0 Å². The third-order valence-electron chi connectivity index (χ3n) is 2.41. The molecule has 0 radical (unpaired) electrons. The van der Waals surface area contributed by atoms with Gasteiger partial charge in [-0.25, -0.2) is 0 Å². The zero-order valence-corrected chi connectivity index (χ0v) is 9.45. The highest BCUT2D eigenvalue weighted by Crippen LogP contribution is 2.17. The molecule has 0 atom stereocenters. The lowest BCUT2D eigenvalue weighted by Gasteiger charge is -2.20. The molecule has 3 heteroatoms. The van der Waals surface area contributed by atoms with E-state index in [9.17, 15) is 0 Å². The van der Waals surface area contributed by atoms with Crippen LogP contribution in [0.2, 0.25) is 0 Å². The Morgan fingerprint density at radius 2 is 1.43 bits per heavy atom. The second kappa shape index (κ2) is 8.21. The molecule has 0 aromatic carbocycles. The van der Waals surface area contributed by atoms with E-state index in [0.29, 0.717) is 0 Å². The molecule has 4 N–H and O–H groups in total. The first-order chi connectivity index (χ1) is 6.56. The van der Waals surface area contributed by atoms with E-state index < -0.39 is 0 Å². The van der Waals surface area contributed by atoms with E-state index in [1.54, 1.807) is 0 Å². The summed E-state index contributed by atoms with van der Waals surface area (Å²) in [6.07, 6.45) is 3.99. The van der Waals surface area contributed by atoms with Crippen molar-refractivity contribution in [2.45, 2.75) is 58.2 Å². The molecule has 0 aliphatic heterocycles. The molecule has 0 amide bonds. The van der Waals surface area contributed by atoms with Crippen molar-refractivity contribution in [3.05, 3.63) is 0 Å². The molecule has 1 aliphatic rings. The second-order valence-corrected chi connectivity index (χ2v) is 4.43. The number of aliphatic hydroxyl groups is 2. The second-order valence-electron chi connectivity index (χ2n) is 4.43. The molecule has 0 bridgehead atoms. The molecule has 0 heterocycles. The van der Waals surface area contributed by atoms with Gasteiger partial charge in [-0.05, 0) is 44.6 Å². The van der Waals surface area contributed by atoms with Gasteiger partial charge < -0.3 is 15.9 Å². The fourth-order valence-corrected chi connectivity index (χ4v) is 1.39. The molecule has 1 rings (SSSR count). The van der Waals surface area contributed by atoms with E-state index in [2.05, 4.69) is 13.8 Å². The molecule has 1 saturated carbocycles. The van der Waals surface area contributed by atoms with Gasteiger partial charge in [-0.3, -0.25) is 0 Å². The van der Waals surface area contributed by atoms with Crippen LogP contribution < -0.4 is 5.73 Å². The van der Waals surface area contributed by atoms with Gasteiger partial charge in [0.2, 0.25) is 0 Å². The zero-order chi connectivity index (χ0) is 11.0. The Balaban J connectivity index is 0.000000255. The van der Waals surface area contributed by atoms with Crippen LogP contribution in [0.1, 0.15) is 46.0 Å². The molecule has 0 spiro atoms. The first kappa shape index (κ1) is 13.9. The van der Waals surface area contributed by atoms with Crippen LogP contribution >= 0.6 is 0 Å². The number of nitrogens with two attached hydrogens (primary N) is 1. The van der Waals surface area contributed by atoms with Gasteiger partial charge in [-0.15, -0.1) is 0 Å². The SMILES string of the molecule is CC(C)CCN.OC1CCC(O)CC1. The van der Waals surface area contributed by atoms with Crippen LogP contribution in [0.3, 0.4) is 0 Å². The molecule has 3 nitrogen and oxygen atoms in total. The highest BCUT2D eigenvalue weighted by atomic mass is 16.3.